The highest BCUT2D eigenvalue weighted by Crippen LogP contribution is 2.37. The molecule has 1 saturated heterocycles. The van der Waals surface area contributed by atoms with Crippen LogP contribution in [0.4, 0.5) is 0 Å². The Morgan fingerprint density at radius 2 is 1.88 bits per heavy atom. The number of amidine groups is 1. The van der Waals surface area contributed by atoms with Crippen LogP contribution in [0.5, 0.6) is 11.5 Å². The molecule has 1 fully saturated rings. The van der Waals surface area contributed by atoms with Crippen molar-refractivity contribution in [3.8, 4) is 11.5 Å². The standard InChI is InChI=1S/C27H32N2O3S/c1-6-10-22-15-21(17-24-26(30)29(8-3)27(33-24)28-7-2)16-23(31-9-4)25(22)32-18-20-13-11-19(5)12-14-20/h6,11-17H,1,7-10,18H2,2-5H3/b24-17+,28-27?. The summed E-state index contributed by atoms with van der Waals surface area (Å²) in [5.74, 6) is 1.37. The Hall–Kier alpha value is -2.99. The van der Waals surface area contributed by atoms with Crippen LogP contribution in [0, 0.1) is 6.92 Å². The molecule has 2 aromatic carbocycles. The molecule has 5 nitrogen and oxygen atoms in total. The molecule has 0 N–H and O–H groups in total. The van der Waals surface area contributed by atoms with Gasteiger partial charge in [0.1, 0.15) is 6.61 Å². The molecule has 0 saturated carbocycles. The van der Waals surface area contributed by atoms with E-state index in [1.165, 1.54) is 17.3 Å². The Morgan fingerprint density at radius 3 is 2.52 bits per heavy atom. The van der Waals surface area contributed by atoms with Gasteiger partial charge >= 0.3 is 0 Å². The van der Waals surface area contributed by atoms with Crippen LogP contribution in [0.25, 0.3) is 6.08 Å². The average molecular weight is 465 g/mol. The van der Waals surface area contributed by atoms with Crippen molar-refractivity contribution in [1.82, 2.24) is 4.90 Å². The van der Waals surface area contributed by atoms with Gasteiger partial charge in [-0.1, -0.05) is 35.9 Å². The molecule has 0 aromatic heterocycles. The third-order valence-electron chi connectivity index (χ3n) is 5.12. The largest absolute Gasteiger partial charge is 0.490 e. The Balaban J connectivity index is 1.96. The summed E-state index contributed by atoms with van der Waals surface area (Å²) >= 11 is 1.42. The van der Waals surface area contributed by atoms with Gasteiger partial charge in [-0.05, 0) is 75.2 Å². The number of carbonyl (C=O) groups is 1. The van der Waals surface area contributed by atoms with E-state index in [0.29, 0.717) is 49.1 Å². The van der Waals surface area contributed by atoms with Crippen LogP contribution in [-0.2, 0) is 17.8 Å². The molecule has 0 unspecified atom stereocenters. The Labute approximate surface area is 201 Å². The molecular formula is C27H32N2O3S. The molecule has 1 aliphatic rings. The van der Waals surface area contributed by atoms with Crippen molar-refractivity contribution in [2.24, 2.45) is 4.99 Å². The lowest BCUT2D eigenvalue weighted by atomic mass is 10.0. The molecule has 174 valence electrons. The third-order valence-corrected chi connectivity index (χ3v) is 6.16. The first kappa shape index (κ1) is 24.6. The van der Waals surface area contributed by atoms with Crippen molar-refractivity contribution in [2.45, 2.75) is 40.7 Å². The zero-order valence-corrected chi connectivity index (χ0v) is 20.7. The van der Waals surface area contributed by atoms with Crippen molar-refractivity contribution >= 4 is 28.9 Å². The fraction of sp³-hybridized carbons (Fsp3) is 0.333. The number of rotatable bonds is 10. The van der Waals surface area contributed by atoms with Crippen LogP contribution >= 0.6 is 11.8 Å². The van der Waals surface area contributed by atoms with E-state index in [1.54, 1.807) is 4.90 Å². The molecular weight excluding hydrogens is 432 g/mol. The number of hydrogen-bond donors (Lipinski definition) is 0. The molecule has 0 radical (unpaired) electrons. The summed E-state index contributed by atoms with van der Waals surface area (Å²) in [5, 5.41) is 0.755. The van der Waals surface area contributed by atoms with E-state index in [2.05, 4.69) is 42.8 Å². The van der Waals surface area contributed by atoms with Gasteiger partial charge < -0.3 is 9.47 Å². The number of carbonyl (C=O) groups excluding carboxylic acids is 1. The number of benzene rings is 2. The van der Waals surface area contributed by atoms with Gasteiger partial charge in [-0.3, -0.25) is 14.7 Å². The van der Waals surface area contributed by atoms with E-state index in [1.807, 2.05) is 45.1 Å². The number of allylic oxidation sites excluding steroid dienone is 1. The molecule has 33 heavy (non-hydrogen) atoms. The van der Waals surface area contributed by atoms with E-state index < -0.39 is 0 Å². The van der Waals surface area contributed by atoms with Gasteiger partial charge in [0.25, 0.3) is 5.91 Å². The molecule has 0 bridgehead atoms. The van der Waals surface area contributed by atoms with E-state index in [4.69, 9.17) is 9.47 Å². The molecule has 3 rings (SSSR count). The van der Waals surface area contributed by atoms with Crippen molar-refractivity contribution in [2.75, 3.05) is 19.7 Å². The summed E-state index contributed by atoms with van der Waals surface area (Å²) in [4.78, 5) is 19.7. The molecule has 1 amide bonds. The van der Waals surface area contributed by atoms with Crippen LogP contribution in [0.2, 0.25) is 0 Å². The fourth-order valence-corrected chi connectivity index (χ4v) is 4.64. The molecule has 0 aliphatic carbocycles. The molecule has 0 atom stereocenters. The van der Waals surface area contributed by atoms with E-state index in [-0.39, 0.29) is 5.91 Å². The fourth-order valence-electron chi connectivity index (χ4n) is 3.53. The quantitative estimate of drug-likeness (QED) is 0.319. The predicted octanol–water partition coefficient (Wildman–Crippen LogP) is 6.01. The second-order valence-corrected chi connectivity index (χ2v) is 8.63. The van der Waals surface area contributed by atoms with Crippen LogP contribution in [0.15, 0.2) is 59.0 Å². The maximum Gasteiger partial charge on any atom is 0.266 e. The third kappa shape index (κ3) is 6.08. The summed E-state index contributed by atoms with van der Waals surface area (Å²) in [5.41, 5.74) is 4.17. The molecule has 6 heteroatoms. The zero-order valence-electron chi connectivity index (χ0n) is 19.9. The summed E-state index contributed by atoms with van der Waals surface area (Å²) < 4.78 is 12.2. The van der Waals surface area contributed by atoms with Crippen LogP contribution in [0.1, 0.15) is 43.0 Å². The smallest absolute Gasteiger partial charge is 0.266 e. The second-order valence-electron chi connectivity index (χ2n) is 7.62. The number of likely N-dealkylation sites (N-methyl/N-ethyl adjacent to an activating group) is 1. The first-order chi connectivity index (χ1) is 16.0. The Bertz CT molecular complexity index is 1060. The van der Waals surface area contributed by atoms with Crippen molar-refractivity contribution < 1.29 is 14.3 Å². The lowest BCUT2D eigenvalue weighted by Gasteiger charge is -2.17. The van der Waals surface area contributed by atoms with Gasteiger partial charge in [-0.15, -0.1) is 6.58 Å². The van der Waals surface area contributed by atoms with Crippen LogP contribution < -0.4 is 9.47 Å². The highest BCUT2D eigenvalue weighted by molar-refractivity contribution is 8.18. The van der Waals surface area contributed by atoms with Crippen molar-refractivity contribution in [3.05, 3.63) is 76.2 Å². The summed E-state index contributed by atoms with van der Waals surface area (Å²) in [6, 6.07) is 12.3. The van der Waals surface area contributed by atoms with Crippen LogP contribution in [-0.4, -0.2) is 35.7 Å². The summed E-state index contributed by atoms with van der Waals surface area (Å²) in [6.45, 7) is 14.1. The topological polar surface area (TPSA) is 51.1 Å². The number of aryl methyl sites for hydroxylation is 1. The number of thioether (sulfide) groups is 1. The predicted molar refractivity (Wildman–Crippen MR) is 138 cm³/mol. The first-order valence-electron chi connectivity index (χ1n) is 11.3. The van der Waals surface area contributed by atoms with Gasteiger partial charge in [0, 0.05) is 18.7 Å². The SMILES string of the molecule is C=CCc1cc(/C=C2/SC(=NCC)N(CC)C2=O)cc(OCC)c1OCc1ccc(C)cc1. The first-order valence-corrected chi connectivity index (χ1v) is 12.2. The van der Waals surface area contributed by atoms with Gasteiger partial charge in [-0.2, -0.15) is 0 Å². The number of aliphatic imine (C=N–C) groups is 1. The Morgan fingerprint density at radius 1 is 1.12 bits per heavy atom. The minimum absolute atomic E-state index is 0.0161. The maximum absolute atomic E-state index is 12.9. The highest BCUT2D eigenvalue weighted by Gasteiger charge is 2.32. The van der Waals surface area contributed by atoms with Crippen molar-refractivity contribution in [1.29, 1.82) is 0 Å². The maximum atomic E-state index is 12.9. The summed E-state index contributed by atoms with van der Waals surface area (Å²) in [6.07, 6.45) is 4.39. The molecule has 2 aromatic rings. The van der Waals surface area contributed by atoms with Crippen molar-refractivity contribution in [3.63, 3.8) is 0 Å². The van der Waals surface area contributed by atoms with Crippen LogP contribution in [0.3, 0.4) is 0 Å². The molecule has 0 spiro atoms. The minimum atomic E-state index is -0.0161. The van der Waals surface area contributed by atoms with Gasteiger partial charge in [-0.25, -0.2) is 0 Å². The monoisotopic (exact) mass is 464 g/mol. The van der Waals surface area contributed by atoms with E-state index in [9.17, 15) is 4.79 Å². The number of hydrogen-bond acceptors (Lipinski definition) is 5. The van der Waals surface area contributed by atoms with E-state index >= 15 is 0 Å². The Kier molecular flexibility index (Phi) is 8.78. The number of nitrogens with zero attached hydrogens (tertiary/aromatic N) is 2. The lowest BCUT2D eigenvalue weighted by molar-refractivity contribution is -0.122. The lowest BCUT2D eigenvalue weighted by Crippen LogP contribution is -2.28. The van der Waals surface area contributed by atoms with Gasteiger partial charge in [0.2, 0.25) is 0 Å². The molecule has 1 aliphatic heterocycles. The molecule has 1 heterocycles. The number of ether oxygens (including phenoxy) is 2. The van der Waals surface area contributed by atoms with E-state index in [0.717, 1.165) is 21.9 Å². The summed E-state index contributed by atoms with van der Waals surface area (Å²) in [7, 11) is 0. The zero-order chi connectivity index (χ0) is 23.8. The second kappa shape index (κ2) is 11.8. The van der Waals surface area contributed by atoms with Gasteiger partial charge in [0.05, 0.1) is 11.5 Å². The minimum Gasteiger partial charge on any atom is -0.490 e. The highest BCUT2D eigenvalue weighted by atomic mass is 32.2. The number of amides is 1. The van der Waals surface area contributed by atoms with Gasteiger partial charge in [0.15, 0.2) is 16.7 Å². The normalized spacial score (nSPS) is 16.0. The average Bonchev–Trinajstić information content (AvgIpc) is 3.09.